The molecule has 0 aromatic carbocycles. The molecule has 2 aliphatic rings. The van der Waals surface area contributed by atoms with Crippen LogP contribution in [0.25, 0.3) is 0 Å². The lowest BCUT2D eigenvalue weighted by molar-refractivity contribution is -0.141. The molecule has 102 valence electrons. The first kappa shape index (κ1) is 13.5. The third kappa shape index (κ3) is 3.08. The number of β-amino-alcohol motifs (C(OH)–C–C–N with tert-alkyl or cyclic N) is 1. The average molecular weight is 274 g/mol. The van der Waals surface area contributed by atoms with E-state index in [-0.39, 0.29) is 25.0 Å². The van der Waals surface area contributed by atoms with Gasteiger partial charge in [-0.3, -0.25) is 0 Å². The van der Waals surface area contributed by atoms with Crippen molar-refractivity contribution in [1.82, 2.24) is 10.2 Å². The predicted octanol–water partition coefficient (Wildman–Crippen LogP) is 0.111. The Morgan fingerprint density at radius 2 is 2.17 bits per heavy atom. The number of carboxylic acid groups (broad SMARTS) is 1. The number of aliphatic hydroxyl groups is 1. The molecule has 3 N–H and O–H groups in total. The first-order chi connectivity index (χ1) is 8.58. The number of urea groups is 1. The molecule has 18 heavy (non-hydrogen) atoms. The number of carbonyl (C=O) groups is 2. The quantitative estimate of drug-likeness (QED) is 0.665. The Labute approximate surface area is 110 Å². The topological polar surface area (TPSA) is 89.9 Å². The van der Waals surface area contributed by atoms with Crippen molar-refractivity contribution in [3.63, 3.8) is 0 Å². The monoisotopic (exact) mass is 274 g/mol. The lowest BCUT2D eigenvalue weighted by Crippen LogP contribution is -2.50. The van der Waals surface area contributed by atoms with Crippen molar-refractivity contribution in [1.29, 1.82) is 0 Å². The Hall–Kier alpha value is -0.950. The zero-order valence-electron chi connectivity index (χ0n) is 10.0. The molecule has 1 unspecified atom stereocenters. The number of nitrogens with zero attached hydrogens (tertiary/aromatic N) is 1. The van der Waals surface area contributed by atoms with E-state index in [1.807, 2.05) is 0 Å². The summed E-state index contributed by atoms with van der Waals surface area (Å²) >= 11 is 1.80. The van der Waals surface area contributed by atoms with Gasteiger partial charge in [0.2, 0.25) is 0 Å². The van der Waals surface area contributed by atoms with Crippen LogP contribution >= 0.6 is 11.8 Å². The van der Waals surface area contributed by atoms with Crippen LogP contribution in [0.2, 0.25) is 0 Å². The number of hydrogen-bond acceptors (Lipinski definition) is 4. The Balaban J connectivity index is 1.92. The van der Waals surface area contributed by atoms with E-state index in [4.69, 9.17) is 5.11 Å². The second-order valence-corrected chi connectivity index (χ2v) is 5.91. The van der Waals surface area contributed by atoms with Gasteiger partial charge in [-0.2, -0.15) is 11.8 Å². The molecule has 6 nitrogen and oxygen atoms in total. The van der Waals surface area contributed by atoms with Gasteiger partial charge in [-0.25, -0.2) is 9.59 Å². The maximum atomic E-state index is 12.0. The van der Waals surface area contributed by atoms with Gasteiger partial charge in [-0.05, 0) is 18.6 Å². The molecule has 0 aromatic rings. The minimum Gasteiger partial charge on any atom is -0.480 e. The summed E-state index contributed by atoms with van der Waals surface area (Å²) in [6.45, 7) is 0.0999. The van der Waals surface area contributed by atoms with E-state index in [0.29, 0.717) is 0 Å². The highest BCUT2D eigenvalue weighted by Gasteiger charge is 2.39. The molecule has 0 aliphatic carbocycles. The normalized spacial score (nSPS) is 32.3. The molecule has 2 amide bonds. The summed E-state index contributed by atoms with van der Waals surface area (Å²) in [7, 11) is 0. The van der Waals surface area contributed by atoms with Gasteiger partial charge in [0.05, 0.1) is 6.10 Å². The van der Waals surface area contributed by atoms with Crippen molar-refractivity contribution >= 4 is 23.8 Å². The molecule has 0 bridgehead atoms. The fraction of sp³-hybridized carbons (Fsp3) is 0.818. The lowest BCUT2D eigenvalue weighted by Gasteiger charge is -2.27. The fourth-order valence-corrected chi connectivity index (χ4v) is 3.46. The van der Waals surface area contributed by atoms with Gasteiger partial charge in [0.15, 0.2) is 0 Å². The number of aliphatic carboxylic acids is 1. The number of amides is 2. The zero-order valence-corrected chi connectivity index (χ0v) is 10.9. The third-order valence-corrected chi connectivity index (χ3v) is 4.53. The number of hydrogen-bond donors (Lipinski definition) is 3. The molecule has 0 spiro atoms. The number of carboxylic acids is 1. The Morgan fingerprint density at radius 1 is 1.39 bits per heavy atom. The number of aliphatic hydroxyl groups excluding tert-OH is 1. The van der Waals surface area contributed by atoms with Crippen molar-refractivity contribution in [3.05, 3.63) is 0 Å². The van der Waals surface area contributed by atoms with Crippen LogP contribution in [0.1, 0.15) is 19.3 Å². The Morgan fingerprint density at radius 3 is 2.78 bits per heavy atom. The molecule has 7 heteroatoms. The van der Waals surface area contributed by atoms with Crippen molar-refractivity contribution in [3.8, 4) is 0 Å². The van der Waals surface area contributed by atoms with E-state index >= 15 is 0 Å². The highest BCUT2D eigenvalue weighted by atomic mass is 32.2. The number of carbonyl (C=O) groups excluding carboxylic acids is 1. The Bertz CT molecular complexity index is 333. The maximum absolute atomic E-state index is 12.0. The van der Waals surface area contributed by atoms with Crippen molar-refractivity contribution in [2.24, 2.45) is 0 Å². The minimum absolute atomic E-state index is 0.0999. The summed E-state index contributed by atoms with van der Waals surface area (Å²) < 4.78 is 0. The van der Waals surface area contributed by atoms with Crippen LogP contribution < -0.4 is 5.32 Å². The van der Waals surface area contributed by atoms with Gasteiger partial charge < -0.3 is 20.4 Å². The van der Waals surface area contributed by atoms with Gasteiger partial charge >= 0.3 is 12.0 Å². The highest BCUT2D eigenvalue weighted by molar-refractivity contribution is 7.99. The molecule has 2 fully saturated rings. The van der Waals surface area contributed by atoms with Crippen LogP contribution in [-0.2, 0) is 4.79 Å². The van der Waals surface area contributed by atoms with E-state index < -0.39 is 18.1 Å². The molecular formula is C11H18N2O4S. The molecule has 2 rings (SSSR count). The van der Waals surface area contributed by atoms with Gasteiger partial charge in [0, 0.05) is 24.8 Å². The second kappa shape index (κ2) is 5.79. The molecule has 3 atom stereocenters. The fourth-order valence-electron chi connectivity index (χ4n) is 2.38. The SMILES string of the molecule is O=C(O)[C@@H]1C[C@H](O)CN1C(=O)NC1CCCSC1. The van der Waals surface area contributed by atoms with Crippen molar-refractivity contribution in [2.45, 2.75) is 37.5 Å². The van der Waals surface area contributed by atoms with Crippen molar-refractivity contribution < 1.29 is 19.8 Å². The van der Waals surface area contributed by atoms with Gasteiger partial charge in [0.25, 0.3) is 0 Å². The lowest BCUT2D eigenvalue weighted by atomic mass is 10.2. The van der Waals surface area contributed by atoms with Crippen LogP contribution in [0, 0.1) is 0 Å². The summed E-state index contributed by atoms with van der Waals surface area (Å²) in [4.78, 5) is 24.3. The van der Waals surface area contributed by atoms with E-state index in [1.165, 1.54) is 4.90 Å². The number of likely N-dealkylation sites (tertiary alicyclic amines) is 1. The number of rotatable bonds is 2. The average Bonchev–Trinajstić information content (AvgIpc) is 2.73. The summed E-state index contributed by atoms with van der Waals surface area (Å²) in [6.07, 6.45) is 1.38. The maximum Gasteiger partial charge on any atom is 0.326 e. The van der Waals surface area contributed by atoms with E-state index in [0.717, 1.165) is 24.3 Å². The zero-order chi connectivity index (χ0) is 13.1. The standard InChI is InChI=1S/C11H18N2O4S/c14-8-4-9(10(15)16)13(5-8)11(17)12-7-2-1-3-18-6-7/h7-9,14H,1-6H2,(H,12,17)(H,15,16)/t7?,8-,9-/m0/s1. The molecule has 2 aliphatic heterocycles. The summed E-state index contributed by atoms with van der Waals surface area (Å²) in [5.74, 6) is 0.937. The third-order valence-electron chi connectivity index (χ3n) is 3.31. The van der Waals surface area contributed by atoms with Crippen LogP contribution in [0.4, 0.5) is 4.79 Å². The molecule has 0 saturated carbocycles. The predicted molar refractivity (Wildman–Crippen MR) is 67.6 cm³/mol. The van der Waals surface area contributed by atoms with Crippen LogP contribution in [-0.4, -0.2) is 63.4 Å². The molecule has 0 aromatic heterocycles. The minimum atomic E-state index is -1.06. The highest BCUT2D eigenvalue weighted by Crippen LogP contribution is 2.20. The smallest absolute Gasteiger partial charge is 0.326 e. The second-order valence-electron chi connectivity index (χ2n) is 4.76. The largest absolute Gasteiger partial charge is 0.480 e. The van der Waals surface area contributed by atoms with Crippen LogP contribution in [0.15, 0.2) is 0 Å². The molecule has 2 heterocycles. The Kier molecular flexibility index (Phi) is 4.34. The summed E-state index contributed by atoms with van der Waals surface area (Å²) in [5, 5.41) is 21.4. The number of nitrogens with one attached hydrogen (secondary N) is 1. The molecule has 2 saturated heterocycles. The molecule has 0 radical (unpaired) electrons. The van der Waals surface area contributed by atoms with Gasteiger partial charge in [0.1, 0.15) is 6.04 Å². The van der Waals surface area contributed by atoms with Crippen LogP contribution in [0.3, 0.4) is 0 Å². The first-order valence-electron chi connectivity index (χ1n) is 6.13. The number of thioether (sulfide) groups is 1. The molecular weight excluding hydrogens is 256 g/mol. The van der Waals surface area contributed by atoms with Crippen molar-refractivity contribution in [2.75, 3.05) is 18.1 Å². The van der Waals surface area contributed by atoms with E-state index in [9.17, 15) is 14.7 Å². The van der Waals surface area contributed by atoms with E-state index in [1.54, 1.807) is 11.8 Å². The van der Waals surface area contributed by atoms with Crippen LogP contribution in [0.5, 0.6) is 0 Å². The summed E-state index contributed by atoms with van der Waals surface area (Å²) in [5.41, 5.74) is 0. The summed E-state index contributed by atoms with van der Waals surface area (Å²) in [6, 6.07) is -1.16. The first-order valence-corrected chi connectivity index (χ1v) is 7.29. The van der Waals surface area contributed by atoms with Gasteiger partial charge in [-0.1, -0.05) is 0 Å². The van der Waals surface area contributed by atoms with E-state index in [2.05, 4.69) is 5.32 Å². The van der Waals surface area contributed by atoms with Gasteiger partial charge in [-0.15, -0.1) is 0 Å².